The van der Waals surface area contributed by atoms with E-state index in [1.165, 1.54) is 0 Å². The fourth-order valence-corrected chi connectivity index (χ4v) is 2.73. The molecule has 28 heavy (non-hydrogen) atoms. The van der Waals surface area contributed by atoms with Crippen LogP contribution in [0.5, 0.6) is 5.75 Å². The summed E-state index contributed by atoms with van der Waals surface area (Å²) in [6.45, 7) is 0.542. The van der Waals surface area contributed by atoms with Gasteiger partial charge in [-0.2, -0.15) is 0 Å². The number of furan rings is 1. The van der Waals surface area contributed by atoms with E-state index in [0.29, 0.717) is 24.0 Å². The van der Waals surface area contributed by atoms with Gasteiger partial charge < -0.3 is 19.8 Å². The molecule has 2 heterocycles. The highest BCUT2D eigenvalue weighted by Crippen LogP contribution is 2.24. The molecule has 6 heteroatoms. The first-order chi connectivity index (χ1) is 13.8. The van der Waals surface area contributed by atoms with Crippen molar-refractivity contribution in [3.63, 3.8) is 0 Å². The third-order valence-electron chi connectivity index (χ3n) is 4.14. The lowest BCUT2D eigenvalue weighted by Gasteiger charge is -2.11. The Morgan fingerprint density at radius 1 is 0.893 bits per heavy atom. The standard InChI is InChI=1S/C22H20N4O2/c1-27-18-11-9-17(10-12-18)24-21-14-20(23-15-19-8-5-13-28-19)25-22(26-21)16-6-3-2-4-7-16/h2-14H,15H2,1H3,(H2,23,24,25,26). The molecule has 0 unspecified atom stereocenters. The molecule has 0 aliphatic rings. The molecule has 2 aromatic carbocycles. The highest BCUT2D eigenvalue weighted by Gasteiger charge is 2.08. The minimum atomic E-state index is 0.542. The monoisotopic (exact) mass is 372 g/mol. The number of anilines is 3. The Labute approximate surface area is 163 Å². The van der Waals surface area contributed by atoms with Crippen molar-refractivity contribution in [3.05, 3.63) is 84.8 Å². The maximum atomic E-state index is 5.38. The summed E-state index contributed by atoms with van der Waals surface area (Å²) in [5, 5.41) is 6.63. The van der Waals surface area contributed by atoms with E-state index in [1.54, 1.807) is 13.4 Å². The van der Waals surface area contributed by atoms with Crippen LogP contribution in [0.2, 0.25) is 0 Å². The Balaban J connectivity index is 1.62. The third-order valence-corrected chi connectivity index (χ3v) is 4.14. The fourth-order valence-electron chi connectivity index (χ4n) is 2.73. The van der Waals surface area contributed by atoms with Gasteiger partial charge in [0.15, 0.2) is 5.82 Å². The third kappa shape index (κ3) is 4.29. The lowest BCUT2D eigenvalue weighted by atomic mass is 10.2. The Morgan fingerprint density at radius 3 is 2.39 bits per heavy atom. The van der Waals surface area contributed by atoms with Crippen molar-refractivity contribution in [2.75, 3.05) is 17.7 Å². The molecule has 4 aromatic rings. The van der Waals surface area contributed by atoms with Crippen molar-refractivity contribution in [2.24, 2.45) is 0 Å². The maximum absolute atomic E-state index is 5.38. The van der Waals surface area contributed by atoms with Gasteiger partial charge in [-0.15, -0.1) is 0 Å². The van der Waals surface area contributed by atoms with Crippen LogP contribution in [0, 0.1) is 0 Å². The molecule has 6 nitrogen and oxygen atoms in total. The first-order valence-corrected chi connectivity index (χ1v) is 8.92. The van der Waals surface area contributed by atoms with Crippen LogP contribution in [0.4, 0.5) is 17.3 Å². The van der Waals surface area contributed by atoms with Crippen molar-refractivity contribution in [3.8, 4) is 17.1 Å². The molecule has 0 saturated carbocycles. The lowest BCUT2D eigenvalue weighted by Crippen LogP contribution is -2.04. The van der Waals surface area contributed by atoms with Crippen molar-refractivity contribution < 1.29 is 9.15 Å². The molecule has 2 N–H and O–H groups in total. The molecule has 0 fully saturated rings. The van der Waals surface area contributed by atoms with Crippen LogP contribution in [-0.4, -0.2) is 17.1 Å². The molecule has 2 aromatic heterocycles. The second-order valence-corrected chi connectivity index (χ2v) is 6.11. The zero-order valence-electron chi connectivity index (χ0n) is 15.4. The molecule has 0 radical (unpaired) electrons. The van der Waals surface area contributed by atoms with Crippen LogP contribution in [0.1, 0.15) is 5.76 Å². The summed E-state index contributed by atoms with van der Waals surface area (Å²) in [5.41, 5.74) is 1.86. The number of ether oxygens (including phenoxy) is 1. The largest absolute Gasteiger partial charge is 0.497 e. The molecule has 0 aliphatic heterocycles. The van der Waals surface area contributed by atoms with E-state index in [2.05, 4.69) is 20.6 Å². The highest BCUT2D eigenvalue weighted by molar-refractivity contribution is 5.65. The van der Waals surface area contributed by atoms with E-state index in [9.17, 15) is 0 Å². The number of hydrogen-bond acceptors (Lipinski definition) is 6. The second kappa shape index (κ2) is 8.26. The number of hydrogen-bond donors (Lipinski definition) is 2. The summed E-state index contributed by atoms with van der Waals surface area (Å²) in [7, 11) is 1.65. The normalized spacial score (nSPS) is 10.5. The minimum Gasteiger partial charge on any atom is -0.497 e. The van der Waals surface area contributed by atoms with E-state index < -0.39 is 0 Å². The van der Waals surface area contributed by atoms with E-state index in [1.807, 2.05) is 72.8 Å². The Bertz CT molecular complexity index is 1020. The van der Waals surface area contributed by atoms with Crippen LogP contribution in [0.3, 0.4) is 0 Å². The first-order valence-electron chi connectivity index (χ1n) is 8.92. The van der Waals surface area contributed by atoms with Gasteiger partial charge in [0, 0.05) is 17.3 Å². The Hall–Kier alpha value is -3.80. The summed E-state index contributed by atoms with van der Waals surface area (Å²) in [5.74, 6) is 3.69. The number of benzene rings is 2. The summed E-state index contributed by atoms with van der Waals surface area (Å²) in [6, 6.07) is 23.2. The van der Waals surface area contributed by atoms with E-state index >= 15 is 0 Å². The second-order valence-electron chi connectivity index (χ2n) is 6.11. The predicted molar refractivity (Wildman–Crippen MR) is 110 cm³/mol. The molecular formula is C22H20N4O2. The number of aromatic nitrogens is 2. The molecule has 0 saturated heterocycles. The first kappa shape index (κ1) is 17.6. The summed E-state index contributed by atoms with van der Waals surface area (Å²) < 4.78 is 10.6. The topological polar surface area (TPSA) is 72.2 Å². The molecule has 0 aliphatic carbocycles. The van der Waals surface area contributed by atoms with Crippen molar-refractivity contribution in [1.82, 2.24) is 9.97 Å². The fraction of sp³-hybridized carbons (Fsp3) is 0.0909. The van der Waals surface area contributed by atoms with E-state index in [0.717, 1.165) is 22.8 Å². The van der Waals surface area contributed by atoms with Gasteiger partial charge in [0.2, 0.25) is 0 Å². The van der Waals surface area contributed by atoms with Crippen molar-refractivity contribution in [2.45, 2.75) is 6.54 Å². The molecule has 4 rings (SSSR count). The molecule has 140 valence electrons. The van der Waals surface area contributed by atoms with E-state index in [4.69, 9.17) is 9.15 Å². The van der Waals surface area contributed by atoms with Gasteiger partial charge in [0.05, 0.1) is 19.9 Å². The number of methoxy groups -OCH3 is 1. The SMILES string of the molecule is COc1ccc(Nc2cc(NCc3ccco3)nc(-c3ccccc3)n2)cc1. The molecule has 0 bridgehead atoms. The lowest BCUT2D eigenvalue weighted by molar-refractivity contribution is 0.415. The van der Waals surface area contributed by atoms with Gasteiger partial charge >= 0.3 is 0 Å². The summed E-state index contributed by atoms with van der Waals surface area (Å²) >= 11 is 0. The molecule has 0 atom stereocenters. The van der Waals surface area contributed by atoms with Gasteiger partial charge in [-0.3, -0.25) is 0 Å². The van der Waals surface area contributed by atoms with Crippen molar-refractivity contribution in [1.29, 1.82) is 0 Å². The van der Waals surface area contributed by atoms with E-state index in [-0.39, 0.29) is 0 Å². The summed E-state index contributed by atoms with van der Waals surface area (Å²) in [6.07, 6.45) is 1.66. The van der Waals surface area contributed by atoms with Gasteiger partial charge in [-0.1, -0.05) is 30.3 Å². The van der Waals surface area contributed by atoms with Crippen LogP contribution in [0.25, 0.3) is 11.4 Å². The zero-order chi connectivity index (χ0) is 19.2. The van der Waals surface area contributed by atoms with Crippen LogP contribution in [0.15, 0.2) is 83.5 Å². The van der Waals surface area contributed by atoms with Gasteiger partial charge in [-0.05, 0) is 36.4 Å². The zero-order valence-corrected chi connectivity index (χ0v) is 15.4. The van der Waals surface area contributed by atoms with Crippen molar-refractivity contribution >= 4 is 17.3 Å². The molecule has 0 spiro atoms. The number of nitrogens with zero attached hydrogens (tertiary/aromatic N) is 2. The Morgan fingerprint density at radius 2 is 1.68 bits per heavy atom. The van der Waals surface area contributed by atoms with Crippen LogP contribution in [-0.2, 0) is 6.54 Å². The predicted octanol–water partition coefficient (Wildman–Crippen LogP) is 5.10. The number of nitrogens with one attached hydrogen (secondary N) is 2. The minimum absolute atomic E-state index is 0.542. The highest BCUT2D eigenvalue weighted by atomic mass is 16.5. The quantitative estimate of drug-likeness (QED) is 0.470. The maximum Gasteiger partial charge on any atom is 0.163 e. The van der Waals surface area contributed by atoms with Gasteiger partial charge in [0.25, 0.3) is 0 Å². The average molecular weight is 372 g/mol. The van der Waals surface area contributed by atoms with Gasteiger partial charge in [-0.25, -0.2) is 9.97 Å². The summed E-state index contributed by atoms with van der Waals surface area (Å²) in [4.78, 5) is 9.32. The van der Waals surface area contributed by atoms with Crippen LogP contribution < -0.4 is 15.4 Å². The van der Waals surface area contributed by atoms with Gasteiger partial charge in [0.1, 0.15) is 23.1 Å². The smallest absolute Gasteiger partial charge is 0.163 e. The Kier molecular flexibility index (Phi) is 5.20. The number of rotatable bonds is 7. The molecule has 0 amide bonds. The molecular weight excluding hydrogens is 352 g/mol. The van der Waals surface area contributed by atoms with Crippen LogP contribution >= 0.6 is 0 Å². The average Bonchev–Trinajstić information content (AvgIpc) is 3.27.